The number of nitrogens with one attached hydrogen (secondary N) is 1. The van der Waals surface area contributed by atoms with Crippen molar-refractivity contribution in [1.29, 1.82) is 0 Å². The molecule has 6 aromatic rings. The van der Waals surface area contributed by atoms with Crippen molar-refractivity contribution in [2.24, 2.45) is 0 Å². The van der Waals surface area contributed by atoms with E-state index < -0.39 is 0 Å². The van der Waals surface area contributed by atoms with Crippen LogP contribution in [0.2, 0.25) is 0 Å². The van der Waals surface area contributed by atoms with E-state index in [1.54, 1.807) is 6.07 Å². The lowest BCUT2D eigenvalue weighted by Gasteiger charge is -2.07. The van der Waals surface area contributed by atoms with Crippen LogP contribution < -0.4 is 5.32 Å². The van der Waals surface area contributed by atoms with Crippen molar-refractivity contribution in [3.8, 4) is 0 Å². The first-order valence-corrected chi connectivity index (χ1v) is 9.88. The molecule has 0 aliphatic rings. The summed E-state index contributed by atoms with van der Waals surface area (Å²) in [5.74, 6) is -0.00936. The molecule has 1 amide bonds. The number of amides is 1. The summed E-state index contributed by atoms with van der Waals surface area (Å²) in [6, 6.07) is 27.5. The second-order valence-electron chi connectivity index (χ2n) is 7.35. The maximum atomic E-state index is 12.9. The zero-order chi connectivity index (χ0) is 20.8. The molecule has 0 fully saturated rings. The highest BCUT2D eigenvalue weighted by Crippen LogP contribution is 2.26. The van der Waals surface area contributed by atoms with E-state index in [2.05, 4.69) is 25.7 Å². The molecule has 0 unspecified atom stereocenters. The van der Waals surface area contributed by atoms with Gasteiger partial charge in [-0.1, -0.05) is 60.7 Å². The van der Waals surface area contributed by atoms with Crippen molar-refractivity contribution in [2.45, 2.75) is 0 Å². The Morgan fingerprint density at radius 1 is 0.581 bits per heavy atom. The third-order valence-electron chi connectivity index (χ3n) is 5.46. The molecule has 0 saturated carbocycles. The van der Waals surface area contributed by atoms with Gasteiger partial charge in [-0.05, 0) is 45.8 Å². The normalized spacial score (nSPS) is 11.4. The van der Waals surface area contributed by atoms with Crippen molar-refractivity contribution < 1.29 is 4.79 Å². The van der Waals surface area contributed by atoms with E-state index in [1.165, 1.54) is 0 Å². The van der Waals surface area contributed by atoms with E-state index in [1.807, 2.05) is 78.9 Å². The molecule has 4 aromatic carbocycles. The van der Waals surface area contributed by atoms with Crippen molar-refractivity contribution in [3.63, 3.8) is 0 Å². The van der Waals surface area contributed by atoms with Gasteiger partial charge in [0.05, 0.1) is 11.0 Å². The number of carbonyl (C=O) groups excluding carboxylic acids is 1. The Labute approximate surface area is 176 Å². The van der Waals surface area contributed by atoms with Crippen LogP contribution in [0.5, 0.6) is 0 Å². The Bertz CT molecular complexity index is 1640. The van der Waals surface area contributed by atoms with E-state index in [0.29, 0.717) is 5.82 Å². The number of anilines is 1. The molecule has 6 rings (SSSR count). The summed E-state index contributed by atoms with van der Waals surface area (Å²) in [5, 5.41) is 25.7. The fourth-order valence-electron chi connectivity index (χ4n) is 3.95. The second kappa shape index (κ2) is 6.81. The summed E-state index contributed by atoms with van der Waals surface area (Å²) in [7, 11) is 0. The van der Waals surface area contributed by atoms with Gasteiger partial charge in [0.15, 0.2) is 11.5 Å². The first-order chi connectivity index (χ1) is 15.3. The minimum atomic E-state index is -0.378. The predicted molar refractivity (Wildman–Crippen MR) is 122 cm³/mol. The van der Waals surface area contributed by atoms with Gasteiger partial charge >= 0.3 is 0 Å². The molecule has 1 N–H and O–H groups in total. The highest BCUT2D eigenvalue weighted by Gasteiger charge is 2.13. The van der Waals surface area contributed by atoms with Gasteiger partial charge in [0.2, 0.25) is 0 Å². The Kier molecular flexibility index (Phi) is 3.83. The van der Waals surface area contributed by atoms with Crippen molar-refractivity contribution in [1.82, 2.24) is 20.4 Å². The lowest BCUT2D eigenvalue weighted by molar-refractivity contribution is 0.102. The van der Waals surface area contributed by atoms with Crippen LogP contribution in [0.1, 0.15) is 10.5 Å². The third-order valence-corrected chi connectivity index (χ3v) is 5.46. The zero-order valence-electron chi connectivity index (χ0n) is 16.3. The van der Waals surface area contributed by atoms with Crippen molar-refractivity contribution in [3.05, 3.63) is 90.6 Å². The van der Waals surface area contributed by atoms with Crippen LogP contribution in [-0.2, 0) is 0 Å². The summed E-state index contributed by atoms with van der Waals surface area (Å²) in [6.45, 7) is 0. The minimum absolute atomic E-state index is 0.226. The number of rotatable bonds is 2. The highest BCUT2D eigenvalue weighted by atomic mass is 16.2. The molecule has 6 nitrogen and oxygen atoms in total. The molecule has 2 heterocycles. The lowest BCUT2D eigenvalue weighted by atomic mass is 10.1. The van der Waals surface area contributed by atoms with Crippen LogP contribution in [0.15, 0.2) is 84.9 Å². The summed E-state index contributed by atoms with van der Waals surface area (Å²) in [5.41, 5.74) is 1.74. The van der Waals surface area contributed by atoms with Gasteiger partial charge < -0.3 is 5.32 Å². The smallest absolute Gasteiger partial charge is 0.277 e. The molecule has 146 valence electrons. The van der Waals surface area contributed by atoms with Crippen LogP contribution in [0.3, 0.4) is 0 Å². The molecular formula is C25H15N5O. The average Bonchev–Trinajstić information content (AvgIpc) is 2.83. The first-order valence-electron chi connectivity index (χ1n) is 9.88. The Hall–Kier alpha value is -4.45. The standard InChI is InChI=1S/C25H15N5O/c31-25(23-13-19-17-7-3-1-5-15(17)9-11-21(19)27-29-23)26-24-14-20-18-8-4-2-6-16(18)10-12-22(20)28-30-24/h1-14H,(H,26,30,31). The predicted octanol–water partition coefficient (Wildman–Crippen LogP) is 5.13. The number of hydrogen-bond acceptors (Lipinski definition) is 5. The lowest BCUT2D eigenvalue weighted by Crippen LogP contribution is -2.15. The minimum Gasteiger partial charge on any atom is -0.304 e. The molecule has 0 aliphatic heterocycles. The van der Waals surface area contributed by atoms with Crippen LogP contribution in [0.25, 0.3) is 43.4 Å². The SMILES string of the molecule is O=C(Nc1cc2c(ccc3ccccc32)nn1)c1cc2c(ccc3ccccc32)nn1. The monoisotopic (exact) mass is 401 g/mol. The average molecular weight is 401 g/mol. The van der Waals surface area contributed by atoms with Crippen LogP contribution in [0.4, 0.5) is 5.82 Å². The van der Waals surface area contributed by atoms with Crippen molar-refractivity contribution in [2.75, 3.05) is 5.32 Å². The van der Waals surface area contributed by atoms with Crippen LogP contribution >= 0.6 is 0 Å². The number of hydrogen-bond donors (Lipinski definition) is 1. The van der Waals surface area contributed by atoms with E-state index in [9.17, 15) is 4.79 Å². The molecule has 0 saturated heterocycles. The van der Waals surface area contributed by atoms with E-state index >= 15 is 0 Å². The second-order valence-corrected chi connectivity index (χ2v) is 7.35. The molecule has 0 spiro atoms. The summed E-state index contributed by atoms with van der Waals surface area (Å²) in [4.78, 5) is 12.9. The highest BCUT2D eigenvalue weighted by molar-refractivity contribution is 6.11. The molecule has 0 radical (unpaired) electrons. The fourth-order valence-corrected chi connectivity index (χ4v) is 3.95. The van der Waals surface area contributed by atoms with Gasteiger partial charge in [0.1, 0.15) is 0 Å². The van der Waals surface area contributed by atoms with Gasteiger partial charge in [-0.25, -0.2) is 0 Å². The van der Waals surface area contributed by atoms with E-state index in [-0.39, 0.29) is 11.6 Å². The van der Waals surface area contributed by atoms with Crippen LogP contribution in [-0.4, -0.2) is 26.3 Å². The van der Waals surface area contributed by atoms with Gasteiger partial charge in [0, 0.05) is 10.8 Å². The largest absolute Gasteiger partial charge is 0.304 e. The number of fused-ring (bicyclic) bond motifs is 6. The quantitative estimate of drug-likeness (QED) is 0.407. The molecule has 31 heavy (non-hydrogen) atoms. The molecule has 2 aromatic heterocycles. The third kappa shape index (κ3) is 2.93. The van der Waals surface area contributed by atoms with Gasteiger partial charge in [0.25, 0.3) is 5.91 Å². The maximum Gasteiger partial charge on any atom is 0.277 e. The molecule has 0 atom stereocenters. The maximum absolute atomic E-state index is 12.9. The number of carbonyl (C=O) groups is 1. The zero-order valence-corrected chi connectivity index (χ0v) is 16.3. The molecule has 6 heteroatoms. The topological polar surface area (TPSA) is 80.7 Å². The number of nitrogens with zero attached hydrogens (tertiary/aromatic N) is 4. The fraction of sp³-hybridized carbons (Fsp3) is 0. The van der Waals surface area contributed by atoms with Crippen molar-refractivity contribution >= 4 is 55.1 Å². The molecule has 0 bridgehead atoms. The molecular weight excluding hydrogens is 386 g/mol. The summed E-state index contributed by atoms with van der Waals surface area (Å²) >= 11 is 0. The number of aromatic nitrogens is 4. The Morgan fingerprint density at radius 2 is 1.16 bits per heavy atom. The number of benzene rings is 4. The Balaban J connectivity index is 1.41. The first kappa shape index (κ1) is 17.4. The van der Waals surface area contributed by atoms with Gasteiger partial charge in [-0.2, -0.15) is 0 Å². The van der Waals surface area contributed by atoms with Crippen LogP contribution in [0, 0.1) is 0 Å². The molecule has 0 aliphatic carbocycles. The van der Waals surface area contributed by atoms with Gasteiger partial charge in [-0.15, -0.1) is 20.4 Å². The summed E-state index contributed by atoms with van der Waals surface area (Å²) in [6.07, 6.45) is 0. The van der Waals surface area contributed by atoms with E-state index in [0.717, 1.165) is 43.4 Å². The summed E-state index contributed by atoms with van der Waals surface area (Å²) < 4.78 is 0. The van der Waals surface area contributed by atoms with E-state index in [4.69, 9.17) is 0 Å². The van der Waals surface area contributed by atoms with Gasteiger partial charge in [-0.3, -0.25) is 4.79 Å². The Morgan fingerprint density at radius 3 is 1.84 bits per heavy atom.